The average molecular weight is 759 g/mol. The molecule has 8 rings (SSSR count). The van der Waals surface area contributed by atoms with Crippen molar-refractivity contribution in [3.63, 3.8) is 0 Å². The summed E-state index contributed by atoms with van der Waals surface area (Å²) in [6.07, 6.45) is 0.637. The minimum Gasteiger partial charge on any atom is -0.346 e. The van der Waals surface area contributed by atoms with E-state index >= 15 is 0 Å². The summed E-state index contributed by atoms with van der Waals surface area (Å²) in [5.74, 6) is -0.406. The number of benzene rings is 4. The molecule has 4 aromatic carbocycles. The van der Waals surface area contributed by atoms with Crippen LogP contribution < -0.4 is 31.9 Å². The predicted octanol–water partition coefficient (Wildman–Crippen LogP) is 7.90. The van der Waals surface area contributed by atoms with E-state index in [1.54, 1.807) is 36.4 Å². The second kappa shape index (κ2) is 13.9. The smallest absolute Gasteiger partial charge is 0.346 e. The number of nitrogens with zero attached hydrogens (tertiary/aromatic N) is 2. The molecule has 6 N–H and O–H groups in total. The Morgan fingerprint density at radius 3 is 1.29 bits per heavy atom. The zero-order chi connectivity index (χ0) is 36.9. The number of nitrogens with two attached hydrogens (primary N) is 2. The number of thioether (sulfide) groups is 2. The maximum atomic E-state index is 12.5. The highest BCUT2D eigenvalue weighted by molar-refractivity contribution is 8.00. The van der Waals surface area contributed by atoms with Gasteiger partial charge < -0.3 is 31.9 Å². The molecule has 0 saturated heterocycles. The van der Waals surface area contributed by atoms with Crippen molar-refractivity contribution in [3.05, 3.63) is 118 Å². The highest BCUT2D eigenvalue weighted by Crippen LogP contribution is 2.45. The van der Waals surface area contributed by atoms with E-state index in [1.807, 2.05) is 24.3 Å². The first-order valence-electron chi connectivity index (χ1n) is 16.3. The first kappa shape index (κ1) is 36.0. The molecule has 4 heterocycles. The Morgan fingerprint density at radius 1 is 0.577 bits per heavy atom. The van der Waals surface area contributed by atoms with Gasteiger partial charge in [-0.1, -0.05) is 48.5 Å². The maximum absolute atomic E-state index is 12.5. The molecule has 0 spiro atoms. The number of carbonyl (C=O) groups excluding carboxylic acids is 2. The van der Waals surface area contributed by atoms with Gasteiger partial charge in [0.05, 0.1) is 22.5 Å². The van der Waals surface area contributed by atoms with Gasteiger partial charge in [-0.2, -0.15) is 26.3 Å². The van der Waals surface area contributed by atoms with Crippen molar-refractivity contribution in [3.8, 4) is 0 Å². The molecule has 0 aliphatic carbocycles. The minimum absolute atomic E-state index is 0.116. The molecule has 16 heteroatoms. The zero-order valence-corrected chi connectivity index (χ0v) is 28.8. The summed E-state index contributed by atoms with van der Waals surface area (Å²) in [5, 5.41) is 5.90. The fraction of sp³-hybridized carbons (Fsp3) is 0.278. The first-order chi connectivity index (χ1) is 24.7. The Hall–Kier alpha value is -4.38. The standard InChI is InChI=1S/2C18H16F3N3OS/c2*19-18(20,21)26-11-6-4-10(5-7-11)16-23-17(25)13-3-1-2-12-14(22)8-9-24(16)15(12)13/h2*1-7,14,16H,8-9,22H2,(H,23,25)/t2*14-,16+/m10/s1. The second-order valence-electron chi connectivity index (χ2n) is 12.6. The van der Waals surface area contributed by atoms with E-state index in [9.17, 15) is 35.9 Å². The van der Waals surface area contributed by atoms with Gasteiger partial charge in [0, 0.05) is 35.0 Å². The quantitative estimate of drug-likeness (QED) is 0.123. The molecular formula is C36H32F6N6O2S2. The van der Waals surface area contributed by atoms with E-state index < -0.39 is 23.3 Å². The molecular weight excluding hydrogens is 727 g/mol. The number of alkyl halides is 6. The summed E-state index contributed by atoms with van der Waals surface area (Å²) in [6, 6.07) is 23.0. The molecule has 4 aliphatic heterocycles. The number of para-hydroxylation sites is 2. The van der Waals surface area contributed by atoms with Gasteiger partial charge in [0.25, 0.3) is 11.8 Å². The Balaban J connectivity index is 0.000000162. The molecule has 0 radical (unpaired) electrons. The van der Waals surface area contributed by atoms with Crippen molar-refractivity contribution in [2.75, 3.05) is 22.9 Å². The van der Waals surface area contributed by atoms with Crippen LogP contribution in [0.3, 0.4) is 0 Å². The van der Waals surface area contributed by atoms with Crippen LogP contribution in [0.15, 0.2) is 94.7 Å². The van der Waals surface area contributed by atoms with Crippen molar-refractivity contribution in [1.82, 2.24) is 10.6 Å². The van der Waals surface area contributed by atoms with Crippen LogP contribution in [0, 0.1) is 0 Å². The lowest BCUT2D eigenvalue weighted by Gasteiger charge is -2.44. The maximum Gasteiger partial charge on any atom is 0.446 e. The summed E-state index contributed by atoms with van der Waals surface area (Å²) >= 11 is -0.304. The van der Waals surface area contributed by atoms with E-state index in [0.717, 1.165) is 46.5 Å². The predicted molar refractivity (Wildman–Crippen MR) is 188 cm³/mol. The SMILES string of the molecule is N[C@@H]1CCN2c3c(cccc31)C(=O)N[C@@H]2c1ccc(SC(F)(F)F)cc1.N[C@H]1CCN2c3c(cccc31)C(=O)N[C@H]2c1ccc(SC(F)(F)F)cc1. The lowest BCUT2D eigenvalue weighted by atomic mass is 9.90. The lowest BCUT2D eigenvalue weighted by molar-refractivity contribution is -0.0337. The Labute approximate surface area is 303 Å². The third-order valence-corrected chi connectivity index (χ3v) is 10.9. The fourth-order valence-corrected chi connectivity index (χ4v) is 8.20. The fourth-order valence-electron chi connectivity index (χ4n) is 7.13. The zero-order valence-electron chi connectivity index (χ0n) is 27.2. The summed E-state index contributed by atoms with van der Waals surface area (Å²) in [4.78, 5) is 29.4. The Bertz CT molecular complexity index is 1850. The minimum atomic E-state index is -4.32. The summed E-state index contributed by atoms with van der Waals surface area (Å²) in [7, 11) is 0. The Kier molecular flexibility index (Phi) is 9.61. The molecule has 4 aliphatic rings. The van der Waals surface area contributed by atoms with Gasteiger partial charge >= 0.3 is 11.0 Å². The van der Waals surface area contributed by atoms with Crippen LogP contribution in [0.1, 0.15) is 80.2 Å². The van der Waals surface area contributed by atoms with E-state index in [1.165, 1.54) is 24.3 Å². The molecule has 8 nitrogen and oxygen atoms in total. The highest BCUT2D eigenvalue weighted by atomic mass is 32.2. The number of hydrogen-bond donors (Lipinski definition) is 4. The molecule has 0 aromatic heterocycles. The van der Waals surface area contributed by atoms with Crippen LogP contribution in [0.2, 0.25) is 0 Å². The second-order valence-corrected chi connectivity index (χ2v) is 14.9. The molecule has 0 bridgehead atoms. The van der Waals surface area contributed by atoms with Crippen molar-refractivity contribution >= 4 is 46.7 Å². The number of amides is 2. The van der Waals surface area contributed by atoms with Gasteiger partial charge in [-0.05, 0) is 95.0 Å². The van der Waals surface area contributed by atoms with Crippen LogP contribution in [0.25, 0.3) is 0 Å². The lowest BCUT2D eigenvalue weighted by Crippen LogP contribution is -2.49. The topological polar surface area (TPSA) is 117 Å². The van der Waals surface area contributed by atoms with Gasteiger partial charge in [-0.15, -0.1) is 0 Å². The van der Waals surface area contributed by atoms with E-state index in [4.69, 9.17) is 11.5 Å². The number of rotatable bonds is 4. The monoisotopic (exact) mass is 758 g/mol. The number of carbonyl (C=O) groups is 2. The van der Waals surface area contributed by atoms with E-state index in [2.05, 4.69) is 20.4 Å². The molecule has 0 fully saturated rings. The van der Waals surface area contributed by atoms with Crippen LogP contribution in [-0.4, -0.2) is 35.9 Å². The van der Waals surface area contributed by atoms with Gasteiger partial charge in [0.15, 0.2) is 0 Å². The Morgan fingerprint density at radius 2 is 0.942 bits per heavy atom. The third kappa shape index (κ3) is 7.29. The molecule has 0 saturated carbocycles. The highest BCUT2D eigenvalue weighted by Gasteiger charge is 2.39. The summed E-state index contributed by atoms with van der Waals surface area (Å²) in [6.45, 7) is 1.32. The van der Waals surface area contributed by atoms with Crippen LogP contribution in [0.4, 0.5) is 37.7 Å². The number of anilines is 2. The molecule has 272 valence electrons. The normalized spacial score (nSPS) is 22.0. The van der Waals surface area contributed by atoms with Crippen LogP contribution in [0.5, 0.6) is 0 Å². The number of halogens is 6. The van der Waals surface area contributed by atoms with Gasteiger partial charge in [-0.3, -0.25) is 9.59 Å². The number of hydrogen-bond acceptors (Lipinski definition) is 8. The van der Waals surface area contributed by atoms with Crippen LogP contribution in [-0.2, 0) is 0 Å². The van der Waals surface area contributed by atoms with Gasteiger partial charge in [-0.25, -0.2) is 0 Å². The van der Waals surface area contributed by atoms with Crippen molar-refractivity contribution in [1.29, 1.82) is 0 Å². The third-order valence-electron chi connectivity index (χ3n) is 9.38. The first-order valence-corrected chi connectivity index (χ1v) is 17.9. The summed E-state index contributed by atoms with van der Waals surface area (Å²) < 4.78 is 75.0. The van der Waals surface area contributed by atoms with Gasteiger partial charge in [0.2, 0.25) is 0 Å². The molecule has 52 heavy (non-hydrogen) atoms. The molecule has 4 aromatic rings. The molecule has 0 unspecified atom stereocenters. The van der Waals surface area contributed by atoms with Gasteiger partial charge in [0.1, 0.15) is 12.3 Å². The number of nitrogens with one attached hydrogen (secondary N) is 2. The van der Waals surface area contributed by atoms with Crippen molar-refractivity contribution in [2.24, 2.45) is 11.5 Å². The van der Waals surface area contributed by atoms with Crippen LogP contribution >= 0.6 is 23.5 Å². The van der Waals surface area contributed by atoms with Crippen molar-refractivity contribution in [2.45, 2.75) is 58.1 Å². The van der Waals surface area contributed by atoms with E-state index in [0.29, 0.717) is 24.2 Å². The average Bonchev–Trinajstić information content (AvgIpc) is 3.09. The molecule has 2 amide bonds. The van der Waals surface area contributed by atoms with E-state index in [-0.39, 0.29) is 57.2 Å². The largest absolute Gasteiger partial charge is 0.446 e. The molecule has 4 atom stereocenters. The summed E-state index contributed by atoms with van der Waals surface area (Å²) in [5.41, 5.74) is 9.90. The van der Waals surface area contributed by atoms with Crippen molar-refractivity contribution < 1.29 is 35.9 Å².